The number of piperidine rings is 1. The summed E-state index contributed by atoms with van der Waals surface area (Å²) in [6.07, 6.45) is 1.22. The fourth-order valence-corrected chi connectivity index (χ4v) is 3.67. The van der Waals surface area contributed by atoms with Crippen LogP contribution in [-0.2, 0) is 4.74 Å². The zero-order chi connectivity index (χ0) is 17.6. The number of thiophene rings is 1. The quantitative estimate of drug-likeness (QED) is 0.905. The minimum atomic E-state index is -0.268. The molecule has 25 heavy (non-hydrogen) atoms. The summed E-state index contributed by atoms with van der Waals surface area (Å²) in [7, 11) is 0. The molecule has 1 N–H and O–H groups in total. The molecule has 1 aliphatic heterocycles. The van der Waals surface area contributed by atoms with E-state index in [9.17, 15) is 9.59 Å². The van der Waals surface area contributed by atoms with Crippen LogP contribution in [-0.4, -0.2) is 42.6 Å². The number of amides is 2. The number of ether oxygens (including phenoxy) is 1. The Morgan fingerprint density at radius 1 is 1.24 bits per heavy atom. The summed E-state index contributed by atoms with van der Waals surface area (Å²) in [6.45, 7) is 3.41. The van der Waals surface area contributed by atoms with E-state index in [1.165, 1.54) is 0 Å². The first-order chi connectivity index (χ1) is 12.2. The number of rotatable bonds is 4. The third kappa shape index (κ3) is 4.39. The summed E-state index contributed by atoms with van der Waals surface area (Å²) >= 11 is 1.66. The summed E-state index contributed by atoms with van der Waals surface area (Å²) in [5, 5.41) is 5.11. The van der Waals surface area contributed by atoms with Crippen LogP contribution in [0.25, 0.3) is 10.4 Å². The smallest absolute Gasteiger partial charge is 0.409 e. The van der Waals surface area contributed by atoms with Gasteiger partial charge in [-0.3, -0.25) is 4.79 Å². The predicted octanol–water partition coefficient (Wildman–Crippen LogP) is 3.77. The number of benzene rings is 1. The molecule has 1 aliphatic rings. The predicted molar refractivity (Wildman–Crippen MR) is 98.8 cm³/mol. The molecule has 2 heterocycles. The van der Waals surface area contributed by atoms with Crippen LogP contribution in [0.1, 0.15) is 30.1 Å². The second-order valence-electron chi connectivity index (χ2n) is 5.99. The molecule has 0 saturated carbocycles. The molecule has 5 nitrogen and oxygen atoms in total. The van der Waals surface area contributed by atoms with Gasteiger partial charge in [-0.1, -0.05) is 18.2 Å². The number of hydrogen-bond donors (Lipinski definition) is 1. The summed E-state index contributed by atoms with van der Waals surface area (Å²) in [5.41, 5.74) is 1.72. The molecule has 0 radical (unpaired) electrons. The van der Waals surface area contributed by atoms with Gasteiger partial charge in [-0.2, -0.15) is 0 Å². The summed E-state index contributed by atoms with van der Waals surface area (Å²) in [5.74, 6) is -0.0620. The van der Waals surface area contributed by atoms with Crippen LogP contribution in [0.15, 0.2) is 41.8 Å². The monoisotopic (exact) mass is 358 g/mol. The summed E-state index contributed by atoms with van der Waals surface area (Å²) in [4.78, 5) is 27.1. The van der Waals surface area contributed by atoms with Crippen molar-refractivity contribution in [3.63, 3.8) is 0 Å². The minimum absolute atomic E-state index is 0.0620. The number of carbonyl (C=O) groups excluding carboxylic acids is 2. The van der Waals surface area contributed by atoms with Crippen LogP contribution >= 0.6 is 11.3 Å². The van der Waals surface area contributed by atoms with Crippen molar-refractivity contribution in [1.29, 1.82) is 0 Å². The Morgan fingerprint density at radius 2 is 2.04 bits per heavy atom. The molecule has 0 aliphatic carbocycles. The molecular formula is C19H22N2O3S. The van der Waals surface area contributed by atoms with Gasteiger partial charge in [0.15, 0.2) is 0 Å². The van der Waals surface area contributed by atoms with E-state index in [1.807, 2.05) is 41.8 Å². The minimum Gasteiger partial charge on any atom is -0.450 e. The normalized spacial score (nSPS) is 15.0. The SMILES string of the molecule is CCOC(=O)N1CCC(NC(=O)c2cccc(-c3cccs3)c2)CC1. The highest BCUT2D eigenvalue weighted by Crippen LogP contribution is 2.25. The molecular weight excluding hydrogens is 336 g/mol. The second-order valence-corrected chi connectivity index (χ2v) is 6.94. The lowest BCUT2D eigenvalue weighted by atomic mass is 10.0. The number of nitrogens with one attached hydrogen (secondary N) is 1. The van der Waals surface area contributed by atoms with E-state index in [0.29, 0.717) is 25.3 Å². The molecule has 0 unspecified atom stereocenters. The van der Waals surface area contributed by atoms with E-state index in [2.05, 4.69) is 5.32 Å². The van der Waals surface area contributed by atoms with Crippen molar-refractivity contribution in [2.45, 2.75) is 25.8 Å². The number of hydrogen-bond acceptors (Lipinski definition) is 4. The molecule has 2 amide bonds. The highest BCUT2D eigenvalue weighted by Gasteiger charge is 2.24. The maximum atomic E-state index is 12.5. The van der Waals surface area contributed by atoms with Gasteiger partial charge in [0.05, 0.1) is 6.61 Å². The zero-order valence-corrected chi connectivity index (χ0v) is 15.1. The Bertz CT molecular complexity index is 722. The Hall–Kier alpha value is -2.34. The van der Waals surface area contributed by atoms with Crippen molar-refractivity contribution < 1.29 is 14.3 Å². The molecule has 0 spiro atoms. The molecule has 2 aromatic rings. The molecule has 1 fully saturated rings. The Kier molecular flexibility index (Phi) is 5.71. The van der Waals surface area contributed by atoms with Gasteiger partial charge in [0.1, 0.15) is 0 Å². The topological polar surface area (TPSA) is 58.6 Å². The van der Waals surface area contributed by atoms with Crippen molar-refractivity contribution in [1.82, 2.24) is 10.2 Å². The van der Waals surface area contributed by atoms with Crippen molar-refractivity contribution in [2.75, 3.05) is 19.7 Å². The molecule has 1 saturated heterocycles. The average molecular weight is 358 g/mol. The first kappa shape index (κ1) is 17.5. The summed E-state index contributed by atoms with van der Waals surface area (Å²) < 4.78 is 5.02. The Balaban J connectivity index is 1.57. The number of likely N-dealkylation sites (tertiary alicyclic amines) is 1. The van der Waals surface area contributed by atoms with E-state index in [1.54, 1.807) is 23.2 Å². The van der Waals surface area contributed by atoms with Gasteiger partial charge in [-0.05, 0) is 48.9 Å². The van der Waals surface area contributed by atoms with Crippen LogP contribution < -0.4 is 5.32 Å². The molecule has 132 valence electrons. The van der Waals surface area contributed by atoms with E-state index in [-0.39, 0.29) is 18.0 Å². The molecule has 3 rings (SSSR count). The Labute approximate surface area is 151 Å². The largest absolute Gasteiger partial charge is 0.450 e. The van der Waals surface area contributed by atoms with Gasteiger partial charge in [0.25, 0.3) is 5.91 Å². The highest BCUT2D eigenvalue weighted by molar-refractivity contribution is 7.13. The lowest BCUT2D eigenvalue weighted by Crippen LogP contribution is -2.46. The molecule has 6 heteroatoms. The van der Waals surface area contributed by atoms with Gasteiger partial charge in [0.2, 0.25) is 0 Å². The van der Waals surface area contributed by atoms with Gasteiger partial charge in [-0.15, -0.1) is 11.3 Å². The lowest BCUT2D eigenvalue weighted by molar-refractivity contribution is 0.0860. The third-order valence-electron chi connectivity index (χ3n) is 4.29. The third-order valence-corrected chi connectivity index (χ3v) is 5.21. The van der Waals surface area contributed by atoms with Crippen molar-refractivity contribution in [2.24, 2.45) is 0 Å². The van der Waals surface area contributed by atoms with Crippen LogP contribution in [0, 0.1) is 0 Å². The van der Waals surface area contributed by atoms with E-state index >= 15 is 0 Å². The Morgan fingerprint density at radius 3 is 2.72 bits per heavy atom. The maximum Gasteiger partial charge on any atom is 0.409 e. The van der Waals surface area contributed by atoms with Crippen LogP contribution in [0.4, 0.5) is 4.79 Å². The highest BCUT2D eigenvalue weighted by atomic mass is 32.1. The van der Waals surface area contributed by atoms with Gasteiger partial charge >= 0.3 is 6.09 Å². The first-order valence-corrected chi connectivity index (χ1v) is 9.42. The number of carbonyl (C=O) groups is 2. The first-order valence-electron chi connectivity index (χ1n) is 8.54. The summed E-state index contributed by atoms with van der Waals surface area (Å²) in [6, 6.07) is 11.8. The van der Waals surface area contributed by atoms with Crippen molar-refractivity contribution in [3.05, 3.63) is 47.3 Å². The fourth-order valence-electron chi connectivity index (χ4n) is 2.95. The maximum absolute atomic E-state index is 12.5. The standard InChI is InChI=1S/C19H22N2O3S/c1-2-24-19(23)21-10-8-16(9-11-21)20-18(22)15-6-3-5-14(13-15)17-7-4-12-25-17/h3-7,12-13,16H,2,8-11H2,1H3,(H,20,22). The lowest BCUT2D eigenvalue weighted by Gasteiger charge is -2.31. The van der Waals surface area contributed by atoms with E-state index in [0.717, 1.165) is 23.3 Å². The van der Waals surface area contributed by atoms with Crippen molar-refractivity contribution in [3.8, 4) is 10.4 Å². The number of nitrogens with zero attached hydrogens (tertiary/aromatic N) is 1. The molecule has 0 bridgehead atoms. The average Bonchev–Trinajstić information content (AvgIpc) is 3.17. The molecule has 1 aromatic heterocycles. The van der Waals surface area contributed by atoms with Gasteiger partial charge in [0, 0.05) is 29.6 Å². The fraction of sp³-hybridized carbons (Fsp3) is 0.368. The zero-order valence-electron chi connectivity index (χ0n) is 14.2. The van der Waals surface area contributed by atoms with Crippen LogP contribution in [0.5, 0.6) is 0 Å². The van der Waals surface area contributed by atoms with Gasteiger partial charge in [-0.25, -0.2) is 4.79 Å². The van der Waals surface area contributed by atoms with E-state index < -0.39 is 0 Å². The molecule has 1 aromatic carbocycles. The molecule has 0 atom stereocenters. The van der Waals surface area contributed by atoms with Crippen molar-refractivity contribution >= 4 is 23.3 Å². The second kappa shape index (κ2) is 8.16. The van der Waals surface area contributed by atoms with Gasteiger partial charge < -0.3 is 15.0 Å². The van der Waals surface area contributed by atoms with Crippen LogP contribution in [0.3, 0.4) is 0 Å². The van der Waals surface area contributed by atoms with Crippen LogP contribution in [0.2, 0.25) is 0 Å². The van der Waals surface area contributed by atoms with E-state index in [4.69, 9.17) is 4.74 Å².